The zero-order chi connectivity index (χ0) is 11.2. The number of hydrogen-bond acceptors (Lipinski definition) is 3. The molecule has 2 N–H and O–H groups in total. The van der Waals surface area contributed by atoms with Crippen LogP contribution in [-0.4, -0.2) is 20.2 Å². The number of H-pyrrole nitrogens is 2. The second-order valence-corrected chi connectivity index (χ2v) is 4.75. The molecule has 0 aliphatic rings. The second kappa shape index (κ2) is 3.18. The molecule has 0 spiro atoms. The largest absolute Gasteiger partial charge is 0.337 e. The van der Waals surface area contributed by atoms with E-state index in [1.54, 1.807) is 11.3 Å². The maximum atomic E-state index is 4.55. The van der Waals surface area contributed by atoms with Crippen LogP contribution in [0.1, 0.15) is 0 Å². The molecule has 0 aliphatic heterocycles. The second-order valence-electron chi connectivity index (χ2n) is 3.84. The number of nitrogens with zero attached hydrogens (tertiary/aromatic N) is 2. The number of aromatic amines is 2. The van der Waals surface area contributed by atoms with Crippen molar-refractivity contribution in [2.24, 2.45) is 0 Å². The van der Waals surface area contributed by atoms with Crippen LogP contribution in [0.5, 0.6) is 0 Å². The minimum absolute atomic E-state index is 0.819. The van der Waals surface area contributed by atoms with E-state index in [1.165, 1.54) is 0 Å². The maximum Gasteiger partial charge on any atom is 0.160 e. The number of benzene rings is 1. The van der Waals surface area contributed by atoms with Gasteiger partial charge in [-0.25, -0.2) is 4.98 Å². The highest BCUT2D eigenvalue weighted by molar-refractivity contribution is 7.17. The van der Waals surface area contributed by atoms with E-state index in [2.05, 4.69) is 25.5 Å². The smallest absolute Gasteiger partial charge is 0.160 e. The van der Waals surface area contributed by atoms with Gasteiger partial charge >= 0.3 is 0 Å². The Morgan fingerprint density at radius 2 is 2.00 bits per heavy atom. The standard InChI is InChI=1S/C12H8N4S/c1-2-4-8-7(3-1)13-12(14-8)10-11-9(15-16-10)5-6-17-11/h1-6H,(H,13,14)(H,15,16). The zero-order valence-corrected chi connectivity index (χ0v) is 9.58. The highest BCUT2D eigenvalue weighted by Gasteiger charge is 2.12. The van der Waals surface area contributed by atoms with Crippen molar-refractivity contribution in [3.63, 3.8) is 0 Å². The van der Waals surface area contributed by atoms with E-state index in [4.69, 9.17) is 0 Å². The number of thiophene rings is 1. The molecule has 4 aromatic rings. The molecule has 0 saturated carbocycles. The minimum Gasteiger partial charge on any atom is -0.337 e. The summed E-state index contributed by atoms with van der Waals surface area (Å²) in [5, 5.41) is 9.37. The number of para-hydroxylation sites is 2. The molecule has 1 aromatic carbocycles. The lowest BCUT2D eigenvalue weighted by atomic mass is 10.3. The monoisotopic (exact) mass is 240 g/mol. The lowest BCUT2D eigenvalue weighted by molar-refractivity contribution is 1.11. The highest BCUT2D eigenvalue weighted by atomic mass is 32.1. The molecule has 0 radical (unpaired) electrons. The predicted octanol–water partition coefficient (Wildman–Crippen LogP) is 3.17. The fraction of sp³-hybridized carbons (Fsp3) is 0. The van der Waals surface area contributed by atoms with Crippen molar-refractivity contribution < 1.29 is 0 Å². The Morgan fingerprint density at radius 3 is 2.94 bits per heavy atom. The highest BCUT2D eigenvalue weighted by Crippen LogP contribution is 2.29. The molecule has 5 heteroatoms. The summed E-state index contributed by atoms with van der Waals surface area (Å²) in [5.41, 5.74) is 3.96. The van der Waals surface area contributed by atoms with Gasteiger partial charge in [-0.05, 0) is 23.6 Å². The van der Waals surface area contributed by atoms with Crippen LogP contribution in [0.4, 0.5) is 0 Å². The van der Waals surface area contributed by atoms with Crippen LogP contribution in [0.2, 0.25) is 0 Å². The quantitative estimate of drug-likeness (QED) is 0.537. The van der Waals surface area contributed by atoms with Crippen molar-refractivity contribution in [2.75, 3.05) is 0 Å². The molecular formula is C12H8N4S. The van der Waals surface area contributed by atoms with Gasteiger partial charge in [0, 0.05) is 0 Å². The third-order valence-electron chi connectivity index (χ3n) is 2.78. The normalized spacial score (nSPS) is 11.5. The SMILES string of the molecule is c1ccc2[nH]c(-c3n[nH]c4ccsc34)nc2c1. The number of hydrogen-bond donors (Lipinski definition) is 2. The molecule has 0 fully saturated rings. The first kappa shape index (κ1) is 8.95. The fourth-order valence-corrected chi connectivity index (χ4v) is 2.81. The van der Waals surface area contributed by atoms with Gasteiger partial charge in [0.1, 0.15) is 5.69 Å². The fourth-order valence-electron chi connectivity index (χ4n) is 1.97. The van der Waals surface area contributed by atoms with Gasteiger partial charge in [0.2, 0.25) is 0 Å². The zero-order valence-electron chi connectivity index (χ0n) is 8.77. The van der Waals surface area contributed by atoms with Gasteiger partial charge in [-0.15, -0.1) is 11.3 Å². The summed E-state index contributed by atoms with van der Waals surface area (Å²) in [5.74, 6) is 0.819. The van der Waals surface area contributed by atoms with E-state index in [9.17, 15) is 0 Å². The Labute approximate surface area is 100 Å². The summed E-state index contributed by atoms with van der Waals surface area (Å²) < 4.78 is 1.14. The molecule has 0 bridgehead atoms. The molecule has 0 amide bonds. The average molecular weight is 240 g/mol. The van der Waals surface area contributed by atoms with E-state index < -0.39 is 0 Å². The summed E-state index contributed by atoms with van der Waals surface area (Å²) >= 11 is 1.67. The van der Waals surface area contributed by atoms with Crippen molar-refractivity contribution >= 4 is 32.6 Å². The minimum atomic E-state index is 0.819. The molecule has 3 heterocycles. The Bertz CT molecular complexity index is 775. The molecule has 3 aromatic heterocycles. The third kappa shape index (κ3) is 1.23. The van der Waals surface area contributed by atoms with Gasteiger partial charge < -0.3 is 4.98 Å². The molecule has 0 aliphatic carbocycles. The van der Waals surface area contributed by atoms with Gasteiger partial charge in [0.25, 0.3) is 0 Å². The van der Waals surface area contributed by atoms with Crippen LogP contribution in [0.3, 0.4) is 0 Å². The van der Waals surface area contributed by atoms with Crippen molar-refractivity contribution in [3.05, 3.63) is 35.7 Å². The molecule has 0 saturated heterocycles. The van der Waals surface area contributed by atoms with Crippen LogP contribution in [0.15, 0.2) is 35.7 Å². The van der Waals surface area contributed by atoms with Crippen molar-refractivity contribution in [3.8, 4) is 11.5 Å². The number of imidazole rings is 1. The Kier molecular flexibility index (Phi) is 1.67. The summed E-state index contributed by atoms with van der Waals surface area (Å²) in [6, 6.07) is 10.0. The molecule has 0 atom stereocenters. The third-order valence-corrected chi connectivity index (χ3v) is 3.70. The van der Waals surface area contributed by atoms with Gasteiger partial charge in [-0.2, -0.15) is 5.10 Å². The molecule has 4 rings (SSSR count). The molecular weight excluding hydrogens is 232 g/mol. The van der Waals surface area contributed by atoms with Crippen LogP contribution in [0.25, 0.3) is 32.8 Å². The topological polar surface area (TPSA) is 57.4 Å². The molecule has 82 valence electrons. The maximum absolute atomic E-state index is 4.55. The van der Waals surface area contributed by atoms with E-state index in [-0.39, 0.29) is 0 Å². The van der Waals surface area contributed by atoms with Gasteiger partial charge in [-0.3, -0.25) is 5.10 Å². The lowest BCUT2D eigenvalue weighted by Gasteiger charge is -1.87. The Hall–Kier alpha value is -2.14. The van der Waals surface area contributed by atoms with Crippen LogP contribution >= 0.6 is 11.3 Å². The van der Waals surface area contributed by atoms with Gasteiger partial charge in [0.05, 0.1) is 21.3 Å². The first-order chi connectivity index (χ1) is 8.42. The first-order valence-electron chi connectivity index (χ1n) is 5.28. The molecule has 0 unspecified atom stereocenters. The first-order valence-corrected chi connectivity index (χ1v) is 6.16. The Balaban J connectivity index is 2.02. The molecule has 4 nitrogen and oxygen atoms in total. The van der Waals surface area contributed by atoms with E-state index in [1.807, 2.05) is 30.3 Å². The van der Waals surface area contributed by atoms with Crippen LogP contribution in [0, 0.1) is 0 Å². The van der Waals surface area contributed by atoms with E-state index in [0.29, 0.717) is 0 Å². The van der Waals surface area contributed by atoms with Crippen LogP contribution < -0.4 is 0 Å². The number of rotatable bonds is 1. The van der Waals surface area contributed by atoms with Crippen molar-refractivity contribution in [2.45, 2.75) is 0 Å². The Morgan fingerprint density at radius 1 is 1.06 bits per heavy atom. The van der Waals surface area contributed by atoms with Gasteiger partial charge in [0.15, 0.2) is 5.82 Å². The van der Waals surface area contributed by atoms with Crippen molar-refractivity contribution in [1.29, 1.82) is 0 Å². The number of aromatic nitrogens is 4. The summed E-state index contributed by atoms with van der Waals surface area (Å²) in [6.45, 7) is 0. The summed E-state index contributed by atoms with van der Waals surface area (Å²) in [6.07, 6.45) is 0. The summed E-state index contributed by atoms with van der Waals surface area (Å²) in [4.78, 5) is 7.85. The lowest BCUT2D eigenvalue weighted by Crippen LogP contribution is -1.80. The van der Waals surface area contributed by atoms with Gasteiger partial charge in [-0.1, -0.05) is 12.1 Å². The predicted molar refractivity (Wildman–Crippen MR) is 69.1 cm³/mol. The van der Waals surface area contributed by atoms with Crippen LogP contribution in [-0.2, 0) is 0 Å². The number of fused-ring (bicyclic) bond motifs is 2. The van der Waals surface area contributed by atoms with Crippen molar-refractivity contribution in [1.82, 2.24) is 20.2 Å². The molecule has 17 heavy (non-hydrogen) atoms. The average Bonchev–Trinajstić information content (AvgIpc) is 3.02. The number of nitrogens with one attached hydrogen (secondary N) is 2. The van der Waals surface area contributed by atoms with E-state index >= 15 is 0 Å². The van der Waals surface area contributed by atoms with E-state index in [0.717, 1.165) is 32.8 Å². The summed E-state index contributed by atoms with van der Waals surface area (Å²) in [7, 11) is 0.